The van der Waals surface area contributed by atoms with Crippen LogP contribution in [0.1, 0.15) is 23.7 Å². The molecule has 0 bridgehead atoms. The fraction of sp³-hybridized carbons (Fsp3) is 0.111. The molecule has 0 aliphatic carbocycles. The van der Waals surface area contributed by atoms with Crippen LogP contribution in [0.4, 0.5) is 17.1 Å². The third-order valence-electron chi connectivity index (χ3n) is 5.37. The van der Waals surface area contributed by atoms with Gasteiger partial charge in [0, 0.05) is 34.0 Å². The largest absolute Gasteiger partial charge is 0.325 e. The molecule has 2 amide bonds. The Labute approximate surface area is 206 Å². The Bertz CT molecular complexity index is 1410. The number of fused-ring (bicyclic) bond motifs is 1. The molecule has 1 unspecified atom stereocenters. The molecule has 0 saturated carbocycles. The highest BCUT2D eigenvalue weighted by Gasteiger charge is 2.19. The second kappa shape index (κ2) is 10.8. The van der Waals surface area contributed by atoms with Gasteiger partial charge in [0.1, 0.15) is 0 Å². The number of nitro benzene ring substituents is 1. The fourth-order valence-electron chi connectivity index (χ4n) is 3.59. The molecule has 1 atom stereocenters. The quantitative estimate of drug-likeness (QED) is 0.168. The highest BCUT2D eigenvalue weighted by Crippen LogP contribution is 2.29. The summed E-state index contributed by atoms with van der Waals surface area (Å²) in [5.74, 6) is -0.546. The van der Waals surface area contributed by atoms with Crippen molar-refractivity contribution in [3.05, 3.63) is 107 Å². The number of amides is 2. The average Bonchev–Trinajstić information content (AvgIpc) is 2.87. The van der Waals surface area contributed by atoms with Crippen LogP contribution in [0.15, 0.2) is 95.9 Å². The summed E-state index contributed by atoms with van der Waals surface area (Å²) in [7, 11) is 0. The molecule has 0 aliphatic heterocycles. The summed E-state index contributed by atoms with van der Waals surface area (Å²) in [5.41, 5.74) is 1.32. The molecule has 2 N–H and O–H groups in total. The van der Waals surface area contributed by atoms with Gasteiger partial charge in [-0.05, 0) is 53.6 Å². The lowest BCUT2D eigenvalue weighted by Crippen LogP contribution is -2.24. The molecule has 0 saturated heterocycles. The number of thioether (sulfide) groups is 1. The summed E-state index contributed by atoms with van der Waals surface area (Å²) < 4.78 is 0. The van der Waals surface area contributed by atoms with E-state index in [4.69, 9.17) is 0 Å². The first-order chi connectivity index (χ1) is 16.9. The van der Waals surface area contributed by atoms with Gasteiger partial charge in [-0.2, -0.15) is 0 Å². The lowest BCUT2D eigenvalue weighted by Gasteiger charge is -2.16. The van der Waals surface area contributed by atoms with Crippen molar-refractivity contribution in [1.29, 1.82) is 0 Å². The van der Waals surface area contributed by atoms with E-state index < -0.39 is 10.8 Å². The van der Waals surface area contributed by atoms with Crippen molar-refractivity contribution in [2.24, 2.45) is 0 Å². The van der Waals surface area contributed by atoms with Crippen molar-refractivity contribution in [2.45, 2.75) is 23.5 Å². The van der Waals surface area contributed by atoms with Crippen molar-refractivity contribution in [1.82, 2.24) is 0 Å². The first-order valence-corrected chi connectivity index (χ1v) is 11.9. The second-order valence-electron chi connectivity index (χ2n) is 7.86. The van der Waals surface area contributed by atoms with Crippen molar-refractivity contribution >= 4 is 51.4 Å². The van der Waals surface area contributed by atoms with E-state index in [1.807, 2.05) is 55.5 Å². The van der Waals surface area contributed by atoms with Crippen molar-refractivity contribution in [3.63, 3.8) is 0 Å². The van der Waals surface area contributed by atoms with Gasteiger partial charge >= 0.3 is 0 Å². The van der Waals surface area contributed by atoms with Crippen LogP contribution in [0.5, 0.6) is 0 Å². The van der Waals surface area contributed by atoms with Gasteiger partial charge < -0.3 is 10.6 Å². The van der Waals surface area contributed by atoms with Gasteiger partial charge in [-0.25, -0.2) is 0 Å². The monoisotopic (exact) mass is 485 g/mol. The zero-order chi connectivity index (χ0) is 24.8. The summed E-state index contributed by atoms with van der Waals surface area (Å²) >= 11 is 1.41. The van der Waals surface area contributed by atoms with Gasteiger partial charge in [0.05, 0.1) is 10.2 Å². The Morgan fingerprint density at radius 2 is 1.60 bits per heavy atom. The first kappa shape index (κ1) is 24.0. The minimum Gasteiger partial charge on any atom is -0.325 e. The van der Waals surface area contributed by atoms with E-state index in [9.17, 15) is 19.7 Å². The number of nitrogens with zero attached hydrogens (tertiary/aromatic N) is 1. The van der Waals surface area contributed by atoms with Crippen LogP contribution in [-0.2, 0) is 4.79 Å². The molecular weight excluding hydrogens is 462 g/mol. The zero-order valence-corrected chi connectivity index (χ0v) is 19.7. The maximum absolute atomic E-state index is 13.0. The smallest absolute Gasteiger partial charge is 0.270 e. The Morgan fingerprint density at radius 3 is 2.37 bits per heavy atom. The van der Waals surface area contributed by atoms with E-state index in [0.29, 0.717) is 12.1 Å². The van der Waals surface area contributed by atoms with Crippen LogP contribution in [-0.4, -0.2) is 22.0 Å². The molecule has 0 spiro atoms. The molecule has 4 rings (SSSR count). The zero-order valence-electron chi connectivity index (χ0n) is 18.9. The number of hydrogen-bond donors (Lipinski definition) is 2. The number of non-ortho nitro benzene ring substituents is 1. The van der Waals surface area contributed by atoms with Gasteiger partial charge in [0.2, 0.25) is 5.91 Å². The van der Waals surface area contributed by atoms with Gasteiger partial charge in [-0.3, -0.25) is 19.7 Å². The molecular formula is C27H23N3O4S. The minimum absolute atomic E-state index is 0.0983. The number of hydrogen-bond acceptors (Lipinski definition) is 5. The highest BCUT2D eigenvalue weighted by molar-refractivity contribution is 8.00. The number of nitro groups is 1. The Balaban J connectivity index is 1.43. The number of carbonyl (C=O) groups is 2. The van der Waals surface area contributed by atoms with Gasteiger partial charge in [-0.15, -0.1) is 11.8 Å². The third-order valence-corrected chi connectivity index (χ3v) is 6.73. The SMILES string of the molecule is CCC(Sc1cccc(NC(=O)c2cccc([N+](=O)[O-])c2)c1)C(=O)Nc1ccc2ccccc2c1. The summed E-state index contributed by atoms with van der Waals surface area (Å²) in [6.07, 6.45) is 0.619. The van der Waals surface area contributed by atoms with Gasteiger partial charge in [-0.1, -0.05) is 49.4 Å². The van der Waals surface area contributed by atoms with E-state index >= 15 is 0 Å². The van der Waals surface area contributed by atoms with E-state index in [0.717, 1.165) is 21.4 Å². The van der Waals surface area contributed by atoms with Crippen LogP contribution in [0.2, 0.25) is 0 Å². The molecule has 35 heavy (non-hydrogen) atoms. The van der Waals surface area contributed by atoms with Gasteiger partial charge in [0.25, 0.3) is 11.6 Å². The average molecular weight is 486 g/mol. The van der Waals surface area contributed by atoms with E-state index in [2.05, 4.69) is 10.6 Å². The molecule has 0 aromatic heterocycles. The van der Waals surface area contributed by atoms with E-state index in [1.165, 1.54) is 36.0 Å². The molecule has 176 valence electrons. The van der Waals surface area contributed by atoms with E-state index in [1.54, 1.807) is 18.2 Å². The molecule has 0 fully saturated rings. The predicted octanol–water partition coefficient (Wildman–Crippen LogP) is 6.51. The number of nitrogens with one attached hydrogen (secondary N) is 2. The number of carbonyl (C=O) groups excluding carboxylic acids is 2. The molecule has 0 aliphatic rings. The summed E-state index contributed by atoms with van der Waals surface area (Å²) in [5, 5.41) is 18.6. The van der Waals surface area contributed by atoms with Crippen LogP contribution in [0.3, 0.4) is 0 Å². The summed E-state index contributed by atoms with van der Waals surface area (Å²) in [6, 6.07) is 26.5. The lowest BCUT2D eigenvalue weighted by atomic mass is 10.1. The Hall–Kier alpha value is -4.17. The lowest BCUT2D eigenvalue weighted by molar-refractivity contribution is -0.384. The Kier molecular flexibility index (Phi) is 7.42. The van der Waals surface area contributed by atoms with Crippen LogP contribution in [0.25, 0.3) is 10.8 Å². The van der Waals surface area contributed by atoms with Crippen molar-refractivity contribution in [3.8, 4) is 0 Å². The molecule has 8 heteroatoms. The molecule has 7 nitrogen and oxygen atoms in total. The van der Waals surface area contributed by atoms with Crippen LogP contribution < -0.4 is 10.6 Å². The highest BCUT2D eigenvalue weighted by atomic mass is 32.2. The number of benzene rings is 4. The second-order valence-corrected chi connectivity index (χ2v) is 9.13. The maximum atomic E-state index is 13.0. The third kappa shape index (κ3) is 6.04. The first-order valence-electron chi connectivity index (χ1n) is 11.0. The predicted molar refractivity (Wildman–Crippen MR) is 140 cm³/mol. The summed E-state index contributed by atoms with van der Waals surface area (Å²) in [4.78, 5) is 36.8. The normalized spacial score (nSPS) is 11.6. The summed E-state index contributed by atoms with van der Waals surface area (Å²) in [6.45, 7) is 1.95. The molecule has 4 aromatic carbocycles. The standard InChI is InChI=1S/C27H23N3O4S/c1-2-25(27(32)29-22-14-13-18-7-3-4-8-19(18)15-22)35-24-12-6-10-21(17-24)28-26(31)20-9-5-11-23(16-20)30(33)34/h3-17,25H,2H2,1H3,(H,28,31)(H,29,32). The van der Waals surface area contributed by atoms with Crippen LogP contribution >= 0.6 is 11.8 Å². The van der Waals surface area contributed by atoms with E-state index in [-0.39, 0.29) is 22.4 Å². The molecule has 4 aromatic rings. The minimum atomic E-state index is -0.540. The Morgan fingerprint density at radius 1 is 0.857 bits per heavy atom. The molecule has 0 heterocycles. The fourth-order valence-corrected chi connectivity index (χ4v) is 4.60. The topological polar surface area (TPSA) is 101 Å². The van der Waals surface area contributed by atoms with Crippen molar-refractivity contribution in [2.75, 3.05) is 10.6 Å². The number of anilines is 2. The maximum Gasteiger partial charge on any atom is 0.270 e. The van der Waals surface area contributed by atoms with Crippen LogP contribution in [0, 0.1) is 10.1 Å². The van der Waals surface area contributed by atoms with Gasteiger partial charge in [0.15, 0.2) is 0 Å². The van der Waals surface area contributed by atoms with Crippen molar-refractivity contribution < 1.29 is 14.5 Å². The molecule has 0 radical (unpaired) electrons. The number of rotatable bonds is 8.